The second-order valence-electron chi connectivity index (χ2n) is 5.30. The lowest BCUT2D eigenvalue weighted by Gasteiger charge is -2.03. The highest BCUT2D eigenvalue weighted by molar-refractivity contribution is 5.97. The molecule has 0 aliphatic rings. The fourth-order valence-electron chi connectivity index (χ4n) is 2.36. The van der Waals surface area contributed by atoms with E-state index < -0.39 is 5.97 Å². The van der Waals surface area contributed by atoms with E-state index in [2.05, 4.69) is 25.2 Å². The molecule has 3 rings (SSSR count). The highest BCUT2D eigenvalue weighted by Crippen LogP contribution is 2.17. The third-order valence-corrected chi connectivity index (χ3v) is 3.66. The Balaban J connectivity index is 1.72. The molecule has 3 heterocycles. The van der Waals surface area contributed by atoms with Crippen LogP contribution in [0.25, 0.3) is 11.0 Å². The van der Waals surface area contributed by atoms with Crippen LogP contribution in [0.3, 0.4) is 0 Å². The molecule has 0 bridgehead atoms. The van der Waals surface area contributed by atoms with Crippen molar-refractivity contribution >= 4 is 22.9 Å². The van der Waals surface area contributed by atoms with E-state index in [1.165, 1.54) is 13.3 Å². The molecule has 0 atom stereocenters. The van der Waals surface area contributed by atoms with Crippen molar-refractivity contribution in [2.24, 2.45) is 0 Å². The summed E-state index contributed by atoms with van der Waals surface area (Å²) in [4.78, 5) is 28.0. The van der Waals surface area contributed by atoms with Gasteiger partial charge in [-0.1, -0.05) is 0 Å². The van der Waals surface area contributed by atoms with Gasteiger partial charge in [-0.15, -0.1) is 0 Å². The topological polar surface area (TPSA) is 110 Å². The molecule has 124 valence electrons. The van der Waals surface area contributed by atoms with E-state index in [9.17, 15) is 9.59 Å². The Hall–Kier alpha value is -3.16. The van der Waals surface area contributed by atoms with Crippen LogP contribution in [0.15, 0.2) is 22.7 Å². The molecule has 0 saturated heterocycles. The fourth-order valence-corrected chi connectivity index (χ4v) is 2.36. The Bertz CT molecular complexity index is 925. The number of amides is 1. The van der Waals surface area contributed by atoms with Crippen LogP contribution in [-0.2, 0) is 11.3 Å². The van der Waals surface area contributed by atoms with E-state index in [1.54, 1.807) is 19.1 Å². The zero-order valence-electron chi connectivity index (χ0n) is 13.5. The summed E-state index contributed by atoms with van der Waals surface area (Å²) >= 11 is 0. The highest BCUT2D eigenvalue weighted by Gasteiger charge is 2.16. The molecule has 3 aromatic rings. The number of furan rings is 1. The summed E-state index contributed by atoms with van der Waals surface area (Å²) in [5.41, 5.74) is 2.17. The minimum atomic E-state index is -0.473. The van der Waals surface area contributed by atoms with Crippen LogP contribution in [-0.4, -0.2) is 34.2 Å². The van der Waals surface area contributed by atoms with Gasteiger partial charge >= 0.3 is 5.97 Å². The number of aromatic nitrogens is 3. The number of methoxy groups -OCH3 is 1. The number of nitrogens with zero attached hydrogens (tertiary/aromatic N) is 2. The van der Waals surface area contributed by atoms with Crippen molar-refractivity contribution in [1.82, 2.24) is 20.5 Å². The number of carbonyl (C=O) groups is 2. The molecular formula is C16H16N4O4. The lowest BCUT2D eigenvalue weighted by Crippen LogP contribution is -2.22. The molecule has 8 nitrogen and oxygen atoms in total. The molecule has 0 aliphatic carbocycles. The largest absolute Gasteiger partial charge is 0.465 e. The third kappa shape index (κ3) is 2.85. The van der Waals surface area contributed by atoms with Crippen LogP contribution in [0.2, 0.25) is 0 Å². The monoisotopic (exact) mass is 328 g/mol. The van der Waals surface area contributed by atoms with Crippen LogP contribution < -0.4 is 5.32 Å². The maximum atomic E-state index is 12.3. The van der Waals surface area contributed by atoms with Gasteiger partial charge in [0.05, 0.1) is 19.2 Å². The summed E-state index contributed by atoms with van der Waals surface area (Å²) in [5.74, 6) is 0.149. The smallest absolute Gasteiger partial charge is 0.341 e. The van der Waals surface area contributed by atoms with E-state index in [1.807, 2.05) is 6.92 Å². The van der Waals surface area contributed by atoms with Crippen molar-refractivity contribution < 1.29 is 18.7 Å². The quantitative estimate of drug-likeness (QED) is 0.708. The summed E-state index contributed by atoms with van der Waals surface area (Å²) in [7, 11) is 1.30. The van der Waals surface area contributed by atoms with Crippen molar-refractivity contribution in [1.29, 1.82) is 0 Å². The van der Waals surface area contributed by atoms with Gasteiger partial charge in [-0.25, -0.2) is 9.78 Å². The molecule has 0 radical (unpaired) electrons. The number of hydrogen-bond donors (Lipinski definition) is 2. The standard InChI is InChI=1S/C16H16N4O4/c1-8-12-4-10(6-17-14(12)20-19-8)15(21)18-7-11-5-13(9(2)24-11)16(22)23-3/h4-6H,7H2,1-3H3,(H,18,21)(H,17,19,20). The Labute approximate surface area is 137 Å². The number of esters is 1. The van der Waals surface area contributed by atoms with Crippen molar-refractivity contribution in [3.8, 4) is 0 Å². The number of aryl methyl sites for hydroxylation is 2. The van der Waals surface area contributed by atoms with Crippen LogP contribution in [0.4, 0.5) is 0 Å². The zero-order valence-corrected chi connectivity index (χ0v) is 13.5. The first kappa shape index (κ1) is 15.7. The molecule has 24 heavy (non-hydrogen) atoms. The van der Waals surface area contributed by atoms with Crippen LogP contribution in [0.5, 0.6) is 0 Å². The molecule has 2 N–H and O–H groups in total. The predicted molar refractivity (Wildman–Crippen MR) is 84.6 cm³/mol. The molecule has 8 heteroatoms. The molecule has 0 spiro atoms. The second-order valence-corrected chi connectivity index (χ2v) is 5.30. The molecule has 0 unspecified atom stereocenters. The average Bonchev–Trinajstić information content (AvgIpc) is 3.14. The Morgan fingerprint density at radius 1 is 1.33 bits per heavy atom. The zero-order chi connectivity index (χ0) is 17.3. The van der Waals surface area contributed by atoms with Crippen LogP contribution >= 0.6 is 0 Å². The third-order valence-electron chi connectivity index (χ3n) is 3.66. The number of rotatable bonds is 4. The summed E-state index contributed by atoms with van der Waals surface area (Å²) in [6.07, 6.45) is 1.46. The van der Waals surface area contributed by atoms with Gasteiger partial charge in [0.25, 0.3) is 5.91 Å². The van der Waals surface area contributed by atoms with Gasteiger partial charge in [-0.2, -0.15) is 5.10 Å². The van der Waals surface area contributed by atoms with Gasteiger partial charge in [-0.05, 0) is 26.0 Å². The summed E-state index contributed by atoms with van der Waals surface area (Å²) in [6.45, 7) is 3.68. The molecular weight excluding hydrogens is 312 g/mol. The second kappa shape index (κ2) is 6.15. The van der Waals surface area contributed by atoms with Crippen molar-refractivity contribution in [3.05, 3.63) is 46.7 Å². The van der Waals surface area contributed by atoms with Gasteiger partial charge in [0.1, 0.15) is 17.1 Å². The molecule has 0 fully saturated rings. The summed E-state index contributed by atoms with van der Waals surface area (Å²) < 4.78 is 10.1. The highest BCUT2D eigenvalue weighted by atomic mass is 16.5. The molecule has 1 amide bonds. The van der Waals surface area contributed by atoms with Gasteiger partial charge in [0.15, 0.2) is 5.65 Å². The van der Waals surface area contributed by atoms with Gasteiger partial charge in [-0.3, -0.25) is 9.89 Å². The van der Waals surface area contributed by atoms with Crippen molar-refractivity contribution in [3.63, 3.8) is 0 Å². The lowest BCUT2D eigenvalue weighted by molar-refractivity contribution is 0.0598. The molecule has 3 aromatic heterocycles. The number of H-pyrrole nitrogens is 1. The lowest BCUT2D eigenvalue weighted by atomic mass is 10.2. The van der Waals surface area contributed by atoms with E-state index in [0.717, 1.165) is 11.1 Å². The molecule has 0 aromatic carbocycles. The maximum Gasteiger partial charge on any atom is 0.341 e. The van der Waals surface area contributed by atoms with E-state index in [-0.39, 0.29) is 12.5 Å². The van der Waals surface area contributed by atoms with E-state index >= 15 is 0 Å². The van der Waals surface area contributed by atoms with E-state index in [0.29, 0.717) is 28.3 Å². The van der Waals surface area contributed by atoms with Crippen molar-refractivity contribution in [2.75, 3.05) is 7.11 Å². The predicted octanol–water partition coefficient (Wildman–Crippen LogP) is 1.88. The number of ether oxygens (including phenoxy) is 1. The molecule has 0 aliphatic heterocycles. The Kier molecular flexibility index (Phi) is 4.03. The van der Waals surface area contributed by atoms with Gasteiger partial charge < -0.3 is 14.5 Å². The maximum absolute atomic E-state index is 12.3. The normalized spacial score (nSPS) is 10.8. The number of fused-ring (bicyclic) bond motifs is 1. The molecule has 0 saturated carbocycles. The van der Waals surface area contributed by atoms with Crippen molar-refractivity contribution in [2.45, 2.75) is 20.4 Å². The summed E-state index contributed by atoms with van der Waals surface area (Å²) in [5, 5.41) is 10.4. The Morgan fingerprint density at radius 3 is 2.88 bits per heavy atom. The minimum absolute atomic E-state index is 0.152. The first-order chi connectivity index (χ1) is 11.5. The SMILES string of the molecule is COC(=O)c1cc(CNC(=O)c2cnc3n[nH]c(C)c3c2)oc1C. The van der Waals surface area contributed by atoms with Crippen LogP contribution in [0, 0.1) is 13.8 Å². The van der Waals surface area contributed by atoms with Gasteiger partial charge in [0.2, 0.25) is 0 Å². The first-order valence-electron chi connectivity index (χ1n) is 7.26. The fraction of sp³-hybridized carbons (Fsp3) is 0.250. The van der Waals surface area contributed by atoms with E-state index in [4.69, 9.17) is 4.42 Å². The number of pyridine rings is 1. The minimum Gasteiger partial charge on any atom is -0.465 e. The number of carbonyl (C=O) groups excluding carboxylic acids is 2. The Morgan fingerprint density at radius 2 is 2.12 bits per heavy atom. The first-order valence-corrected chi connectivity index (χ1v) is 7.26. The number of nitrogens with one attached hydrogen (secondary N) is 2. The summed E-state index contributed by atoms with van der Waals surface area (Å²) in [6, 6.07) is 3.28. The number of aromatic amines is 1. The van der Waals surface area contributed by atoms with Gasteiger partial charge in [0, 0.05) is 17.3 Å². The average molecular weight is 328 g/mol. The van der Waals surface area contributed by atoms with Crippen LogP contribution in [0.1, 0.15) is 37.9 Å². The number of hydrogen-bond acceptors (Lipinski definition) is 6.